The third-order valence-corrected chi connectivity index (χ3v) is 8.42. The molecule has 0 radical (unpaired) electrons. The van der Waals surface area contributed by atoms with Crippen molar-refractivity contribution in [3.8, 4) is 5.75 Å². The van der Waals surface area contributed by atoms with Crippen molar-refractivity contribution in [2.75, 3.05) is 23.0 Å². The van der Waals surface area contributed by atoms with Gasteiger partial charge in [0.05, 0.1) is 23.3 Å². The molecule has 1 aliphatic rings. The Labute approximate surface area is 237 Å². The molecule has 14 heteroatoms. The molecule has 0 aliphatic carbocycles. The molecule has 1 unspecified atom stereocenters. The topological polar surface area (TPSA) is 138 Å². The van der Waals surface area contributed by atoms with E-state index >= 15 is 0 Å². The Bertz CT molecular complexity index is 1600. The number of oxazole rings is 1. The molecule has 0 fully saturated rings. The minimum absolute atomic E-state index is 0.163. The summed E-state index contributed by atoms with van der Waals surface area (Å²) in [6.07, 6.45) is 2.84. The van der Waals surface area contributed by atoms with E-state index in [0.717, 1.165) is 11.3 Å². The largest absolute Gasteiger partial charge is 0.468 e. The summed E-state index contributed by atoms with van der Waals surface area (Å²) in [7, 11) is -8.23. The molecule has 39 heavy (non-hydrogen) atoms. The molecule has 3 aromatic rings. The van der Waals surface area contributed by atoms with Crippen LogP contribution in [0.1, 0.15) is 38.5 Å². The molecule has 0 saturated heterocycles. The predicted molar refractivity (Wildman–Crippen MR) is 150 cm³/mol. The van der Waals surface area contributed by atoms with Crippen molar-refractivity contribution in [1.82, 2.24) is 0 Å². The highest BCUT2D eigenvalue weighted by molar-refractivity contribution is 7.86. The molecule has 0 saturated carbocycles. The number of hydrogen-bond acceptors (Lipinski definition) is 7. The molecule has 0 amide bonds. The van der Waals surface area contributed by atoms with Crippen LogP contribution >= 0.6 is 23.2 Å². The summed E-state index contributed by atoms with van der Waals surface area (Å²) in [5, 5.41) is 1.00. The van der Waals surface area contributed by atoms with Gasteiger partial charge in [-0.25, -0.2) is 0 Å². The molecule has 1 aliphatic heterocycles. The van der Waals surface area contributed by atoms with Gasteiger partial charge in [0.25, 0.3) is 25.8 Å². The minimum atomic E-state index is -4.12. The maximum absolute atomic E-state index is 11.3. The molecule has 1 atom stereocenters. The average molecular weight is 621 g/mol. The Morgan fingerprint density at radius 1 is 1.03 bits per heavy atom. The zero-order valence-corrected chi connectivity index (χ0v) is 24.2. The van der Waals surface area contributed by atoms with Crippen LogP contribution in [0.5, 0.6) is 5.75 Å². The molecule has 10 nitrogen and oxygen atoms in total. The Kier molecular flexibility index (Phi) is 9.14. The molecule has 212 valence electrons. The van der Waals surface area contributed by atoms with Crippen molar-refractivity contribution in [3.05, 3.63) is 57.9 Å². The lowest BCUT2D eigenvalue weighted by molar-refractivity contribution is -0.677. The van der Waals surface area contributed by atoms with Gasteiger partial charge in [-0.15, -0.1) is 0 Å². The van der Waals surface area contributed by atoms with Crippen molar-refractivity contribution in [2.24, 2.45) is 0 Å². The third kappa shape index (κ3) is 7.86. The fourth-order valence-corrected chi connectivity index (χ4v) is 5.86. The first-order valence-corrected chi connectivity index (χ1v) is 16.2. The second kappa shape index (κ2) is 12.0. The van der Waals surface area contributed by atoms with Crippen LogP contribution in [0.15, 0.2) is 46.4 Å². The number of rotatable bonds is 12. The lowest BCUT2D eigenvalue weighted by Crippen LogP contribution is -2.37. The molecule has 2 N–H and O–H groups in total. The highest BCUT2D eigenvalue weighted by Gasteiger charge is 2.32. The maximum atomic E-state index is 11.3. The van der Waals surface area contributed by atoms with Gasteiger partial charge in [-0.1, -0.05) is 35.7 Å². The Hall–Kier alpha value is -2.35. The van der Waals surface area contributed by atoms with E-state index in [2.05, 4.69) is 0 Å². The number of halogens is 2. The first kappa shape index (κ1) is 29.6. The van der Waals surface area contributed by atoms with Crippen LogP contribution in [-0.2, 0) is 26.8 Å². The van der Waals surface area contributed by atoms with Crippen molar-refractivity contribution >= 4 is 66.3 Å². The Morgan fingerprint density at radius 2 is 1.69 bits per heavy atom. The van der Waals surface area contributed by atoms with Crippen molar-refractivity contribution in [2.45, 2.75) is 45.4 Å². The van der Waals surface area contributed by atoms with Crippen LogP contribution in [0.3, 0.4) is 0 Å². The van der Waals surface area contributed by atoms with Crippen LogP contribution in [0, 0.1) is 0 Å². The third-order valence-electron chi connectivity index (χ3n) is 6.34. The monoisotopic (exact) mass is 619 g/mol. The fourth-order valence-electron chi connectivity index (χ4n) is 4.54. The van der Waals surface area contributed by atoms with E-state index in [-0.39, 0.29) is 25.1 Å². The first-order valence-electron chi connectivity index (χ1n) is 12.3. The molecule has 0 spiro atoms. The summed E-state index contributed by atoms with van der Waals surface area (Å²) < 4.78 is 77.6. The van der Waals surface area contributed by atoms with Gasteiger partial charge >= 0.3 is 5.89 Å². The van der Waals surface area contributed by atoms with Crippen LogP contribution in [-0.4, -0.2) is 50.2 Å². The zero-order chi connectivity index (χ0) is 28.4. The highest BCUT2D eigenvalue weighted by atomic mass is 35.5. The number of ether oxygens (including phenoxy) is 1. The van der Waals surface area contributed by atoms with Crippen molar-refractivity contribution < 1.29 is 39.7 Å². The molecule has 4 rings (SSSR count). The van der Waals surface area contributed by atoms with E-state index < -0.39 is 32.2 Å². The minimum Gasteiger partial charge on any atom is -0.468 e. The predicted octanol–water partition coefficient (Wildman–Crippen LogP) is 4.99. The summed E-state index contributed by atoms with van der Waals surface area (Å²) in [5.74, 6) is 0.321. The first-order chi connectivity index (χ1) is 18.3. The smallest absolute Gasteiger partial charge is 0.374 e. The van der Waals surface area contributed by atoms with E-state index in [9.17, 15) is 25.9 Å². The second-order valence-electron chi connectivity index (χ2n) is 9.22. The summed E-state index contributed by atoms with van der Waals surface area (Å²) in [5.41, 5.74) is 2.94. The average Bonchev–Trinajstić information content (AvgIpc) is 3.34. The molecule has 0 bridgehead atoms. The van der Waals surface area contributed by atoms with Gasteiger partial charge in [0.15, 0.2) is 12.8 Å². The van der Waals surface area contributed by atoms with E-state index in [1.807, 2.05) is 22.5 Å². The van der Waals surface area contributed by atoms with E-state index in [0.29, 0.717) is 52.2 Å². The lowest BCUT2D eigenvalue weighted by atomic mass is 10.1. The molecule has 2 heterocycles. The zero-order valence-electron chi connectivity index (χ0n) is 21.1. The SMILES string of the molecule is CCC(=Cc1oc2ccc(Cl)cc2[n+]1CCCS(=O)(=O)O)CC1Oc2ccc(Cl)cc2N1CCCS(=O)(=O)O. The number of aryl methyl sites for hydroxylation is 1. The fraction of sp³-hybridized carbons (Fsp3) is 0.400. The Morgan fingerprint density at radius 3 is 2.38 bits per heavy atom. The standard InChI is InChI=1S/C25H28Cl2N2O8S2/c1-2-17(13-24-28(9-3-11-38(30,31)32)20-15-18(26)5-7-22(20)36-24)14-25-29(10-4-12-39(33,34)35)21-16-19(27)6-8-23(21)37-25/h5-8,13,15-16,25H,2-4,9-12,14H2,1H3,(H-,30,31,32,33,34,35)/p+1. The summed E-state index contributed by atoms with van der Waals surface area (Å²) in [6, 6.07) is 10.4. The van der Waals surface area contributed by atoms with Crippen LogP contribution in [0.4, 0.5) is 5.69 Å². The Balaban J connectivity index is 1.63. The van der Waals surface area contributed by atoms with E-state index in [4.69, 9.17) is 32.4 Å². The second-order valence-corrected chi connectivity index (χ2v) is 13.2. The number of fused-ring (bicyclic) bond motifs is 2. The van der Waals surface area contributed by atoms with Crippen LogP contribution in [0.25, 0.3) is 17.2 Å². The molecular weight excluding hydrogens is 591 g/mol. The van der Waals surface area contributed by atoms with Gasteiger partial charge < -0.3 is 14.1 Å². The lowest BCUT2D eigenvalue weighted by Gasteiger charge is -2.26. The quantitative estimate of drug-likeness (QED) is 0.212. The molecule has 2 aromatic carbocycles. The van der Waals surface area contributed by atoms with E-state index in [1.165, 1.54) is 0 Å². The van der Waals surface area contributed by atoms with Gasteiger partial charge in [0.2, 0.25) is 5.58 Å². The summed E-state index contributed by atoms with van der Waals surface area (Å²) in [6.45, 7) is 2.56. The normalized spacial score (nSPS) is 16.1. The van der Waals surface area contributed by atoms with Gasteiger partial charge in [-0.05, 0) is 43.2 Å². The number of nitrogens with zero attached hydrogens (tertiary/aromatic N) is 2. The van der Waals surface area contributed by atoms with E-state index in [1.54, 1.807) is 36.4 Å². The van der Waals surface area contributed by atoms with Crippen molar-refractivity contribution in [1.29, 1.82) is 0 Å². The van der Waals surface area contributed by atoms with Crippen LogP contribution in [0.2, 0.25) is 10.0 Å². The van der Waals surface area contributed by atoms with Crippen molar-refractivity contribution in [3.63, 3.8) is 0 Å². The summed E-state index contributed by atoms with van der Waals surface area (Å²) >= 11 is 12.4. The summed E-state index contributed by atoms with van der Waals surface area (Å²) in [4.78, 5) is 1.93. The molecule has 1 aromatic heterocycles. The number of anilines is 1. The van der Waals surface area contributed by atoms with Gasteiger partial charge in [0.1, 0.15) is 5.75 Å². The van der Waals surface area contributed by atoms with Gasteiger partial charge in [-0.3, -0.25) is 9.11 Å². The molecular formula is C25H29Cl2N2O8S2+. The maximum Gasteiger partial charge on any atom is 0.374 e. The van der Waals surface area contributed by atoms with Gasteiger partial charge in [-0.2, -0.15) is 21.4 Å². The van der Waals surface area contributed by atoms with Crippen LogP contribution < -0.4 is 14.2 Å². The highest BCUT2D eigenvalue weighted by Crippen LogP contribution is 2.41. The number of benzene rings is 2. The van der Waals surface area contributed by atoms with Gasteiger partial charge in [0, 0.05) is 35.5 Å². The number of hydrogen-bond donors (Lipinski definition) is 2. The number of aromatic nitrogens is 1.